The Bertz CT molecular complexity index is 1020. The molecule has 1 aliphatic heterocycles. The number of nitrogens with two attached hydrogens (primary N) is 1. The number of fused-ring (bicyclic) bond motifs is 1. The number of carbonyl (C=O) groups excluding carboxylic acids is 1. The van der Waals surface area contributed by atoms with Gasteiger partial charge in [-0.15, -0.1) is 0 Å². The average molecular weight is 413 g/mol. The van der Waals surface area contributed by atoms with Gasteiger partial charge in [0.15, 0.2) is 10.9 Å². The molecular formula is C22H25ClN4O2. The number of rotatable bonds is 6. The molecule has 0 aliphatic carbocycles. The lowest BCUT2D eigenvalue weighted by molar-refractivity contribution is 0.100. The van der Waals surface area contributed by atoms with Gasteiger partial charge in [-0.05, 0) is 48.9 Å². The normalized spacial score (nSPS) is 15.7. The van der Waals surface area contributed by atoms with Crippen LogP contribution >= 0.6 is 11.6 Å². The van der Waals surface area contributed by atoms with Gasteiger partial charge in [0.25, 0.3) is 0 Å². The van der Waals surface area contributed by atoms with Crippen molar-refractivity contribution < 1.29 is 9.53 Å². The molecule has 0 spiro atoms. The molecule has 152 valence electrons. The molecule has 0 atom stereocenters. The van der Waals surface area contributed by atoms with Crippen molar-refractivity contribution in [2.24, 2.45) is 5.73 Å². The first kappa shape index (κ1) is 19.7. The summed E-state index contributed by atoms with van der Waals surface area (Å²) in [5.74, 6) is 0.286. The molecule has 29 heavy (non-hydrogen) atoms. The largest absolute Gasteiger partial charge is 0.493 e. The molecular weight excluding hydrogens is 388 g/mol. The standard InChI is InChI=1S/C22H25ClN4O2/c1-29-20-16(4-9-25-21(20)23)5-10-26-11-7-18(8-12-26)27-13-6-15-2-3-17(22(24)28)14-19(15)27/h2-4,6,9,13-14,18H,5,7-8,10-12H2,1H3,(H2,24,28). The minimum absolute atomic E-state index is 0.388. The lowest BCUT2D eigenvalue weighted by atomic mass is 10.0. The molecule has 0 radical (unpaired) electrons. The summed E-state index contributed by atoms with van der Waals surface area (Å²) in [6, 6.07) is 10.2. The average Bonchev–Trinajstić information content (AvgIpc) is 3.16. The first-order valence-corrected chi connectivity index (χ1v) is 10.2. The summed E-state index contributed by atoms with van der Waals surface area (Å²) in [6.07, 6.45) is 6.87. The summed E-state index contributed by atoms with van der Waals surface area (Å²) in [6.45, 7) is 3.02. The monoisotopic (exact) mass is 412 g/mol. The fourth-order valence-corrected chi connectivity index (χ4v) is 4.45. The quantitative estimate of drug-likeness (QED) is 0.627. The van der Waals surface area contributed by atoms with Crippen molar-refractivity contribution in [3.8, 4) is 5.75 Å². The van der Waals surface area contributed by atoms with Crippen LogP contribution in [-0.2, 0) is 6.42 Å². The second-order valence-corrected chi connectivity index (χ2v) is 7.84. The van der Waals surface area contributed by atoms with Crippen LogP contribution in [0.1, 0.15) is 34.8 Å². The molecule has 1 aromatic carbocycles. The molecule has 3 heterocycles. The summed E-state index contributed by atoms with van der Waals surface area (Å²) >= 11 is 6.12. The van der Waals surface area contributed by atoms with Crippen LogP contribution in [0.25, 0.3) is 10.9 Å². The molecule has 4 rings (SSSR count). The number of ether oxygens (including phenoxy) is 1. The lowest BCUT2D eigenvalue weighted by Gasteiger charge is -2.33. The summed E-state index contributed by atoms with van der Waals surface area (Å²) < 4.78 is 7.70. The van der Waals surface area contributed by atoms with E-state index in [9.17, 15) is 4.79 Å². The second kappa shape index (κ2) is 8.43. The van der Waals surface area contributed by atoms with Crippen LogP contribution in [0.4, 0.5) is 0 Å². The van der Waals surface area contributed by atoms with Gasteiger partial charge >= 0.3 is 0 Å². The SMILES string of the molecule is COc1c(CCN2CCC(n3ccc4ccc(C(N)=O)cc43)CC2)ccnc1Cl. The minimum atomic E-state index is -0.388. The highest BCUT2D eigenvalue weighted by Crippen LogP contribution is 2.30. The molecule has 1 amide bonds. The number of hydrogen-bond acceptors (Lipinski definition) is 4. The number of aromatic nitrogens is 2. The van der Waals surface area contributed by atoms with Crippen LogP contribution in [0, 0.1) is 0 Å². The van der Waals surface area contributed by atoms with E-state index in [1.807, 2.05) is 18.2 Å². The van der Waals surface area contributed by atoms with Crippen molar-refractivity contribution in [1.82, 2.24) is 14.5 Å². The van der Waals surface area contributed by atoms with E-state index in [0.717, 1.165) is 55.4 Å². The van der Waals surface area contributed by atoms with Crippen LogP contribution in [0.15, 0.2) is 42.7 Å². The third-order valence-corrected chi connectivity index (χ3v) is 6.07. The van der Waals surface area contributed by atoms with Crippen LogP contribution in [0.3, 0.4) is 0 Å². The summed E-state index contributed by atoms with van der Waals surface area (Å²) in [7, 11) is 1.63. The van der Waals surface area contributed by atoms with E-state index < -0.39 is 0 Å². The van der Waals surface area contributed by atoms with Gasteiger partial charge in [-0.2, -0.15) is 0 Å². The van der Waals surface area contributed by atoms with Crippen LogP contribution in [-0.4, -0.2) is 47.1 Å². The van der Waals surface area contributed by atoms with E-state index >= 15 is 0 Å². The Labute approximate surface area is 175 Å². The molecule has 2 aromatic heterocycles. The van der Waals surface area contributed by atoms with E-state index in [1.165, 1.54) is 0 Å². The Morgan fingerprint density at radius 3 is 2.79 bits per heavy atom. The molecule has 0 unspecified atom stereocenters. The maximum atomic E-state index is 11.5. The van der Waals surface area contributed by atoms with Gasteiger partial charge in [0, 0.05) is 54.7 Å². The van der Waals surface area contributed by atoms with Crippen molar-refractivity contribution >= 4 is 28.4 Å². The van der Waals surface area contributed by atoms with Crippen molar-refractivity contribution in [3.63, 3.8) is 0 Å². The summed E-state index contributed by atoms with van der Waals surface area (Å²) in [5.41, 5.74) is 8.18. The number of carbonyl (C=O) groups is 1. The second-order valence-electron chi connectivity index (χ2n) is 7.48. The summed E-state index contributed by atoms with van der Waals surface area (Å²) in [5, 5.41) is 1.55. The van der Waals surface area contributed by atoms with Gasteiger partial charge in [0.2, 0.25) is 5.91 Å². The van der Waals surface area contributed by atoms with Crippen LogP contribution in [0.5, 0.6) is 5.75 Å². The number of pyridine rings is 1. The van der Waals surface area contributed by atoms with Gasteiger partial charge < -0.3 is 19.9 Å². The van der Waals surface area contributed by atoms with Crippen molar-refractivity contribution in [2.75, 3.05) is 26.7 Å². The molecule has 6 nitrogen and oxygen atoms in total. The van der Waals surface area contributed by atoms with Gasteiger partial charge in [0.1, 0.15) is 0 Å². The number of methoxy groups -OCH3 is 1. The number of hydrogen-bond donors (Lipinski definition) is 1. The minimum Gasteiger partial charge on any atom is -0.493 e. The molecule has 3 aromatic rings. The fourth-order valence-electron chi connectivity index (χ4n) is 4.19. The number of nitrogens with zero attached hydrogens (tertiary/aromatic N) is 3. The third kappa shape index (κ3) is 4.09. The highest BCUT2D eigenvalue weighted by molar-refractivity contribution is 6.30. The Morgan fingerprint density at radius 2 is 2.07 bits per heavy atom. The maximum Gasteiger partial charge on any atom is 0.248 e. The molecule has 7 heteroatoms. The highest BCUT2D eigenvalue weighted by atomic mass is 35.5. The van der Waals surface area contributed by atoms with E-state index in [-0.39, 0.29) is 5.91 Å². The topological polar surface area (TPSA) is 73.4 Å². The molecule has 1 saturated heterocycles. The molecule has 2 N–H and O–H groups in total. The predicted molar refractivity (Wildman–Crippen MR) is 115 cm³/mol. The van der Waals surface area contributed by atoms with Gasteiger partial charge in [-0.3, -0.25) is 4.79 Å². The molecule has 0 saturated carbocycles. The number of likely N-dealkylation sites (tertiary alicyclic amines) is 1. The van der Waals surface area contributed by atoms with Crippen LogP contribution < -0.4 is 10.5 Å². The zero-order valence-electron chi connectivity index (χ0n) is 16.5. The smallest absolute Gasteiger partial charge is 0.248 e. The zero-order chi connectivity index (χ0) is 20.4. The van der Waals surface area contributed by atoms with Crippen molar-refractivity contribution in [1.29, 1.82) is 0 Å². The van der Waals surface area contributed by atoms with E-state index in [2.05, 4.69) is 26.7 Å². The van der Waals surface area contributed by atoms with Crippen molar-refractivity contribution in [2.45, 2.75) is 25.3 Å². The lowest BCUT2D eigenvalue weighted by Crippen LogP contribution is -2.35. The van der Waals surface area contributed by atoms with E-state index in [1.54, 1.807) is 19.4 Å². The third-order valence-electron chi connectivity index (χ3n) is 5.80. The highest BCUT2D eigenvalue weighted by Gasteiger charge is 2.22. The number of primary amides is 1. The van der Waals surface area contributed by atoms with Gasteiger partial charge in [0.05, 0.1) is 7.11 Å². The number of amides is 1. The first-order chi connectivity index (χ1) is 14.1. The molecule has 0 bridgehead atoms. The van der Waals surface area contributed by atoms with E-state index in [0.29, 0.717) is 22.5 Å². The van der Waals surface area contributed by atoms with E-state index in [4.69, 9.17) is 22.1 Å². The van der Waals surface area contributed by atoms with Gasteiger partial charge in [-0.25, -0.2) is 4.98 Å². The number of halogens is 1. The Morgan fingerprint density at radius 1 is 1.28 bits per heavy atom. The van der Waals surface area contributed by atoms with Gasteiger partial charge in [-0.1, -0.05) is 17.7 Å². The van der Waals surface area contributed by atoms with Crippen molar-refractivity contribution in [3.05, 3.63) is 59.0 Å². The summed E-state index contributed by atoms with van der Waals surface area (Å²) in [4.78, 5) is 18.1. The maximum absolute atomic E-state index is 11.5. The number of benzene rings is 1. The first-order valence-electron chi connectivity index (χ1n) is 9.87. The predicted octanol–water partition coefficient (Wildman–Crippen LogP) is 3.68. The molecule has 1 fully saturated rings. The fraction of sp³-hybridized carbons (Fsp3) is 0.364. The Hall–Kier alpha value is -2.57. The Kier molecular flexibility index (Phi) is 5.74. The Balaban J connectivity index is 1.40. The van der Waals surface area contributed by atoms with Crippen LogP contribution in [0.2, 0.25) is 5.15 Å². The number of piperidine rings is 1. The zero-order valence-corrected chi connectivity index (χ0v) is 17.2. The molecule has 1 aliphatic rings.